The Bertz CT molecular complexity index is 680. The van der Waals surface area contributed by atoms with E-state index in [0.29, 0.717) is 14.5 Å². The Labute approximate surface area is 125 Å². The number of benzene rings is 1. The Balaban J connectivity index is 2.43. The van der Waals surface area contributed by atoms with Crippen molar-refractivity contribution in [3.05, 3.63) is 39.7 Å². The normalized spacial score (nSPS) is 11.4. The molecule has 20 heavy (non-hydrogen) atoms. The van der Waals surface area contributed by atoms with E-state index in [-0.39, 0.29) is 5.82 Å². The molecule has 0 spiro atoms. The second kappa shape index (κ2) is 5.46. The number of halogens is 1. The van der Waals surface area contributed by atoms with Gasteiger partial charge in [-0.05, 0) is 50.7 Å². The number of H-pyrrole nitrogens is 1. The highest BCUT2D eigenvalue weighted by molar-refractivity contribution is 7.73. The molecule has 1 heterocycles. The molecule has 3 nitrogen and oxygen atoms in total. The van der Waals surface area contributed by atoms with E-state index in [1.807, 2.05) is 0 Å². The van der Waals surface area contributed by atoms with Gasteiger partial charge in [-0.25, -0.2) is 9.18 Å². The van der Waals surface area contributed by atoms with Gasteiger partial charge in [0.05, 0.1) is 4.88 Å². The van der Waals surface area contributed by atoms with Crippen LogP contribution in [0, 0.1) is 9.77 Å². The zero-order valence-electron chi connectivity index (χ0n) is 11.3. The number of hydrogen-bond acceptors (Lipinski definition) is 4. The molecule has 1 aromatic carbocycles. The van der Waals surface area contributed by atoms with Crippen molar-refractivity contribution >= 4 is 29.5 Å². The van der Waals surface area contributed by atoms with Crippen LogP contribution >= 0.6 is 23.6 Å². The molecular formula is C14H14FNO2S2. The zero-order chi connectivity index (χ0) is 14.9. The lowest BCUT2D eigenvalue weighted by Gasteiger charge is -2.19. The summed E-state index contributed by atoms with van der Waals surface area (Å²) in [6, 6.07) is 5.91. The Hall–Kier alpha value is -1.53. The highest BCUT2D eigenvalue weighted by Gasteiger charge is 2.23. The van der Waals surface area contributed by atoms with Gasteiger partial charge >= 0.3 is 5.97 Å². The molecule has 0 amide bonds. The molecule has 0 saturated carbocycles. The number of nitrogens with one attached hydrogen (secondary N) is 1. The van der Waals surface area contributed by atoms with E-state index in [1.165, 1.54) is 23.5 Å². The molecule has 0 aliphatic rings. The summed E-state index contributed by atoms with van der Waals surface area (Å²) in [7, 11) is 0. The van der Waals surface area contributed by atoms with Crippen LogP contribution in [0.3, 0.4) is 0 Å². The van der Waals surface area contributed by atoms with Crippen LogP contribution in [0.2, 0.25) is 0 Å². The third-order valence-electron chi connectivity index (χ3n) is 2.36. The van der Waals surface area contributed by atoms with E-state index in [9.17, 15) is 9.18 Å². The number of aromatic amines is 1. The van der Waals surface area contributed by atoms with Crippen molar-refractivity contribution in [1.82, 2.24) is 4.98 Å². The van der Waals surface area contributed by atoms with Gasteiger partial charge in [0.25, 0.3) is 0 Å². The molecule has 0 atom stereocenters. The van der Waals surface area contributed by atoms with Crippen LogP contribution in [-0.2, 0) is 4.74 Å². The minimum Gasteiger partial charge on any atom is -0.455 e. The predicted molar refractivity (Wildman–Crippen MR) is 80.1 cm³/mol. The summed E-state index contributed by atoms with van der Waals surface area (Å²) < 4.78 is 18.8. The van der Waals surface area contributed by atoms with Crippen molar-refractivity contribution in [2.45, 2.75) is 26.4 Å². The molecule has 0 unspecified atom stereocenters. The summed E-state index contributed by atoms with van der Waals surface area (Å²) in [5, 5.41) is 0. The fourth-order valence-corrected chi connectivity index (χ4v) is 2.79. The number of rotatable bonds is 2. The first-order valence-corrected chi connectivity index (χ1v) is 7.21. The molecule has 0 radical (unpaired) electrons. The molecule has 1 N–H and O–H groups in total. The van der Waals surface area contributed by atoms with Crippen LogP contribution in [0.4, 0.5) is 4.39 Å². The Morgan fingerprint density at radius 3 is 2.45 bits per heavy atom. The maximum Gasteiger partial charge on any atom is 0.356 e. The van der Waals surface area contributed by atoms with E-state index in [4.69, 9.17) is 17.0 Å². The minimum atomic E-state index is -0.589. The smallest absolute Gasteiger partial charge is 0.356 e. The van der Waals surface area contributed by atoms with Crippen LogP contribution in [0.1, 0.15) is 31.3 Å². The van der Waals surface area contributed by atoms with Crippen LogP contribution in [0.15, 0.2) is 24.3 Å². The molecule has 0 aliphatic heterocycles. The Morgan fingerprint density at radius 1 is 1.30 bits per heavy atom. The molecule has 6 heteroatoms. The lowest BCUT2D eigenvalue weighted by molar-refractivity contribution is 0.00645. The largest absolute Gasteiger partial charge is 0.455 e. The number of thiazole rings is 1. The number of ether oxygens (including phenoxy) is 1. The second-order valence-electron chi connectivity index (χ2n) is 5.23. The van der Waals surface area contributed by atoms with Crippen LogP contribution in [-0.4, -0.2) is 16.6 Å². The number of carbonyl (C=O) groups excluding carboxylic acids is 1. The van der Waals surface area contributed by atoms with E-state index >= 15 is 0 Å². The van der Waals surface area contributed by atoms with Crippen molar-refractivity contribution < 1.29 is 13.9 Å². The third-order valence-corrected chi connectivity index (χ3v) is 3.64. The number of hydrogen-bond donors (Lipinski definition) is 1. The summed E-state index contributed by atoms with van der Waals surface area (Å²) in [6.07, 6.45) is 0. The zero-order valence-corrected chi connectivity index (χ0v) is 13.0. The molecule has 0 aliphatic carbocycles. The molecule has 0 bridgehead atoms. The van der Waals surface area contributed by atoms with Crippen molar-refractivity contribution in [3.8, 4) is 10.4 Å². The standard InChI is InChI=1S/C14H14FNO2S2/c1-14(2,3)18-12(17)10-11(20-13(19)16-10)8-4-6-9(15)7-5-8/h4-7H,1-3H3,(H,16,19). The monoisotopic (exact) mass is 311 g/mol. The van der Waals surface area contributed by atoms with Gasteiger partial charge in [-0.3, -0.25) is 0 Å². The Kier molecular flexibility index (Phi) is 4.06. The van der Waals surface area contributed by atoms with Gasteiger partial charge in [0.1, 0.15) is 17.1 Å². The highest BCUT2D eigenvalue weighted by atomic mass is 32.1. The molecule has 0 fully saturated rings. The third kappa shape index (κ3) is 3.52. The average Bonchev–Trinajstić information content (AvgIpc) is 2.70. The number of esters is 1. The molecule has 1 aromatic heterocycles. The highest BCUT2D eigenvalue weighted by Crippen LogP contribution is 2.30. The first-order chi connectivity index (χ1) is 9.26. The topological polar surface area (TPSA) is 42.1 Å². The van der Waals surface area contributed by atoms with Gasteiger partial charge in [0.15, 0.2) is 3.95 Å². The van der Waals surface area contributed by atoms with Gasteiger partial charge in [-0.15, -0.1) is 11.3 Å². The second-order valence-corrected chi connectivity index (χ2v) is 6.91. The molecule has 2 aromatic rings. The van der Waals surface area contributed by atoms with Gasteiger partial charge < -0.3 is 9.72 Å². The molecule has 106 valence electrons. The van der Waals surface area contributed by atoms with E-state index in [2.05, 4.69) is 4.98 Å². The van der Waals surface area contributed by atoms with E-state index in [0.717, 1.165) is 5.56 Å². The van der Waals surface area contributed by atoms with Crippen molar-refractivity contribution in [2.24, 2.45) is 0 Å². The summed E-state index contributed by atoms with van der Waals surface area (Å²) in [5.74, 6) is -0.795. The number of carbonyl (C=O) groups is 1. The molecule has 2 rings (SSSR count). The van der Waals surface area contributed by atoms with E-state index in [1.54, 1.807) is 32.9 Å². The lowest BCUT2D eigenvalue weighted by atomic mass is 10.1. The summed E-state index contributed by atoms with van der Waals surface area (Å²) in [4.78, 5) is 15.7. The van der Waals surface area contributed by atoms with Gasteiger partial charge in [-0.1, -0.05) is 12.1 Å². The van der Waals surface area contributed by atoms with Crippen LogP contribution in [0.5, 0.6) is 0 Å². The molecule has 0 saturated heterocycles. The van der Waals surface area contributed by atoms with Crippen molar-refractivity contribution in [1.29, 1.82) is 0 Å². The maximum absolute atomic E-state index is 13.0. The van der Waals surface area contributed by atoms with Crippen LogP contribution < -0.4 is 0 Å². The quantitative estimate of drug-likeness (QED) is 0.652. The fraction of sp³-hybridized carbons (Fsp3) is 0.286. The minimum absolute atomic E-state index is 0.307. The average molecular weight is 311 g/mol. The van der Waals surface area contributed by atoms with Crippen molar-refractivity contribution in [2.75, 3.05) is 0 Å². The van der Waals surface area contributed by atoms with E-state index < -0.39 is 11.6 Å². The SMILES string of the molecule is CC(C)(C)OC(=O)c1[nH]c(=S)sc1-c1ccc(F)cc1. The molecular weight excluding hydrogens is 297 g/mol. The van der Waals surface area contributed by atoms with Crippen LogP contribution in [0.25, 0.3) is 10.4 Å². The summed E-state index contributed by atoms with van der Waals surface area (Å²) >= 11 is 6.35. The lowest BCUT2D eigenvalue weighted by Crippen LogP contribution is -2.24. The van der Waals surface area contributed by atoms with Gasteiger partial charge in [0, 0.05) is 0 Å². The first kappa shape index (κ1) is 14.9. The number of aromatic nitrogens is 1. The first-order valence-electron chi connectivity index (χ1n) is 5.99. The van der Waals surface area contributed by atoms with Crippen molar-refractivity contribution in [3.63, 3.8) is 0 Å². The summed E-state index contributed by atoms with van der Waals surface area (Å²) in [6.45, 7) is 5.39. The fourth-order valence-electron chi connectivity index (χ4n) is 1.61. The summed E-state index contributed by atoms with van der Waals surface area (Å²) in [5.41, 5.74) is 0.445. The predicted octanol–water partition coefficient (Wildman–Crippen LogP) is 4.57. The van der Waals surface area contributed by atoms with Gasteiger partial charge in [-0.2, -0.15) is 0 Å². The van der Waals surface area contributed by atoms with Gasteiger partial charge in [0.2, 0.25) is 0 Å². The Morgan fingerprint density at radius 2 is 1.90 bits per heavy atom. The maximum atomic E-state index is 13.0.